The molecule has 0 spiro atoms. The number of anilines is 3. The molecule has 2 rings (SSSR count). The smallest absolute Gasteiger partial charge is 0.224 e. The number of nitrogen functional groups attached to an aromatic ring is 1. The van der Waals surface area contributed by atoms with E-state index in [0.717, 1.165) is 0 Å². The van der Waals surface area contributed by atoms with Gasteiger partial charge in [0.15, 0.2) is 11.6 Å². The topological polar surface area (TPSA) is 63.8 Å². The summed E-state index contributed by atoms with van der Waals surface area (Å²) in [5.41, 5.74) is 7.05. The van der Waals surface area contributed by atoms with Crippen LogP contribution in [-0.4, -0.2) is 9.97 Å². The van der Waals surface area contributed by atoms with Crippen molar-refractivity contribution < 1.29 is 4.39 Å². The summed E-state index contributed by atoms with van der Waals surface area (Å²) < 4.78 is 13.7. The molecule has 0 aliphatic rings. The zero-order chi connectivity index (χ0) is 12.4. The average Bonchev–Trinajstić information content (AvgIpc) is 2.28. The fourth-order valence-electron chi connectivity index (χ4n) is 1.31. The highest BCUT2D eigenvalue weighted by Gasteiger charge is 2.10. The minimum atomic E-state index is -0.522. The van der Waals surface area contributed by atoms with E-state index in [0.29, 0.717) is 11.4 Å². The van der Waals surface area contributed by atoms with Crippen LogP contribution in [0.4, 0.5) is 21.6 Å². The van der Waals surface area contributed by atoms with Crippen molar-refractivity contribution in [3.63, 3.8) is 0 Å². The molecule has 0 unspecified atom stereocenters. The molecular formula is C11H10ClFN4. The number of nitrogens with one attached hydrogen (secondary N) is 1. The van der Waals surface area contributed by atoms with Gasteiger partial charge in [-0.15, -0.1) is 0 Å². The minimum absolute atomic E-state index is 0.00171. The Morgan fingerprint density at radius 2 is 1.88 bits per heavy atom. The number of nitrogens with two attached hydrogens (primary N) is 1. The zero-order valence-electron chi connectivity index (χ0n) is 9.04. The molecule has 0 atom stereocenters. The zero-order valence-corrected chi connectivity index (χ0v) is 9.79. The monoisotopic (exact) mass is 252 g/mol. The summed E-state index contributed by atoms with van der Waals surface area (Å²) in [7, 11) is 0. The number of hydrogen-bond donors (Lipinski definition) is 2. The van der Waals surface area contributed by atoms with Gasteiger partial charge in [0, 0.05) is 11.4 Å². The van der Waals surface area contributed by atoms with Crippen LogP contribution in [0, 0.1) is 12.7 Å². The van der Waals surface area contributed by atoms with E-state index in [9.17, 15) is 4.39 Å². The molecule has 0 aliphatic carbocycles. The van der Waals surface area contributed by atoms with Crippen LogP contribution in [0.15, 0.2) is 24.3 Å². The Morgan fingerprint density at radius 3 is 2.53 bits per heavy atom. The van der Waals surface area contributed by atoms with Crippen molar-refractivity contribution in [1.29, 1.82) is 0 Å². The predicted molar refractivity (Wildman–Crippen MR) is 65.9 cm³/mol. The van der Waals surface area contributed by atoms with Crippen LogP contribution in [0.5, 0.6) is 0 Å². The van der Waals surface area contributed by atoms with Crippen LogP contribution in [0.3, 0.4) is 0 Å². The molecule has 4 nitrogen and oxygen atoms in total. The standard InChI is InChI=1S/C11H10ClFN4/c1-6-9(13)10(17-11(12)15-6)16-8-4-2-7(14)3-5-8/h2-5H,14H2,1H3,(H,15,16,17). The van der Waals surface area contributed by atoms with Crippen molar-refractivity contribution in [1.82, 2.24) is 9.97 Å². The maximum absolute atomic E-state index is 13.7. The molecule has 0 amide bonds. The SMILES string of the molecule is Cc1nc(Cl)nc(Nc2ccc(N)cc2)c1F. The van der Waals surface area contributed by atoms with Crippen molar-refractivity contribution in [3.8, 4) is 0 Å². The number of nitrogens with zero attached hydrogens (tertiary/aromatic N) is 2. The third kappa shape index (κ3) is 2.62. The van der Waals surface area contributed by atoms with E-state index in [4.69, 9.17) is 17.3 Å². The van der Waals surface area contributed by atoms with Gasteiger partial charge in [-0.2, -0.15) is 4.98 Å². The Bertz CT molecular complexity index is 542. The maximum atomic E-state index is 13.7. The van der Waals surface area contributed by atoms with Crippen molar-refractivity contribution in [3.05, 3.63) is 41.1 Å². The number of halogens is 2. The fourth-order valence-corrected chi connectivity index (χ4v) is 1.52. The Kier molecular flexibility index (Phi) is 3.10. The van der Waals surface area contributed by atoms with Crippen molar-refractivity contribution in [2.45, 2.75) is 6.92 Å². The van der Waals surface area contributed by atoms with Gasteiger partial charge in [0.05, 0.1) is 5.69 Å². The quantitative estimate of drug-likeness (QED) is 0.637. The average molecular weight is 253 g/mol. The van der Waals surface area contributed by atoms with E-state index in [1.807, 2.05) is 0 Å². The Labute approximate surface area is 103 Å². The second kappa shape index (κ2) is 4.55. The molecule has 2 aromatic rings. The molecule has 88 valence electrons. The van der Waals surface area contributed by atoms with Gasteiger partial charge in [0.2, 0.25) is 5.28 Å². The summed E-state index contributed by atoms with van der Waals surface area (Å²) in [4.78, 5) is 7.50. The van der Waals surface area contributed by atoms with Crippen LogP contribution in [-0.2, 0) is 0 Å². The second-order valence-corrected chi connectivity index (χ2v) is 3.83. The fraction of sp³-hybridized carbons (Fsp3) is 0.0909. The Hall–Kier alpha value is -1.88. The van der Waals surface area contributed by atoms with Gasteiger partial charge in [0.1, 0.15) is 0 Å². The van der Waals surface area contributed by atoms with Crippen LogP contribution < -0.4 is 11.1 Å². The molecule has 0 bridgehead atoms. The van der Waals surface area contributed by atoms with E-state index in [-0.39, 0.29) is 16.8 Å². The van der Waals surface area contributed by atoms with E-state index >= 15 is 0 Å². The van der Waals surface area contributed by atoms with Crippen LogP contribution in [0.25, 0.3) is 0 Å². The van der Waals surface area contributed by atoms with Crippen molar-refractivity contribution >= 4 is 28.8 Å². The lowest BCUT2D eigenvalue weighted by molar-refractivity contribution is 0.607. The molecule has 1 aromatic heterocycles. The third-order valence-electron chi connectivity index (χ3n) is 2.16. The van der Waals surface area contributed by atoms with Gasteiger partial charge in [-0.3, -0.25) is 0 Å². The van der Waals surface area contributed by atoms with Gasteiger partial charge < -0.3 is 11.1 Å². The normalized spacial score (nSPS) is 10.3. The molecular weight excluding hydrogens is 243 g/mol. The van der Waals surface area contributed by atoms with Gasteiger partial charge in [-0.25, -0.2) is 9.37 Å². The molecule has 0 saturated carbocycles. The van der Waals surface area contributed by atoms with Crippen LogP contribution >= 0.6 is 11.6 Å². The Balaban J connectivity index is 2.32. The summed E-state index contributed by atoms with van der Waals surface area (Å²) in [5.74, 6) is -0.474. The maximum Gasteiger partial charge on any atom is 0.224 e. The number of rotatable bonds is 2. The van der Waals surface area contributed by atoms with Crippen molar-refractivity contribution in [2.75, 3.05) is 11.1 Å². The number of aryl methyl sites for hydroxylation is 1. The first kappa shape index (κ1) is 11.6. The van der Waals surface area contributed by atoms with E-state index in [2.05, 4.69) is 15.3 Å². The third-order valence-corrected chi connectivity index (χ3v) is 2.33. The van der Waals surface area contributed by atoms with E-state index in [1.54, 1.807) is 24.3 Å². The lowest BCUT2D eigenvalue weighted by atomic mass is 10.3. The highest BCUT2D eigenvalue weighted by molar-refractivity contribution is 6.28. The highest BCUT2D eigenvalue weighted by Crippen LogP contribution is 2.21. The lowest BCUT2D eigenvalue weighted by Gasteiger charge is -2.08. The summed E-state index contributed by atoms with van der Waals surface area (Å²) >= 11 is 5.66. The number of benzene rings is 1. The van der Waals surface area contributed by atoms with E-state index in [1.165, 1.54) is 6.92 Å². The summed E-state index contributed by atoms with van der Waals surface area (Å²) in [5, 5.41) is 2.82. The molecule has 1 aromatic carbocycles. The lowest BCUT2D eigenvalue weighted by Crippen LogP contribution is -2.02. The molecule has 3 N–H and O–H groups in total. The van der Waals surface area contributed by atoms with Gasteiger partial charge in [-0.05, 0) is 42.8 Å². The first-order valence-electron chi connectivity index (χ1n) is 4.88. The molecule has 1 heterocycles. The second-order valence-electron chi connectivity index (χ2n) is 3.49. The van der Waals surface area contributed by atoms with Crippen LogP contribution in [0.2, 0.25) is 5.28 Å². The summed E-state index contributed by atoms with van der Waals surface area (Å²) in [6.45, 7) is 1.52. The highest BCUT2D eigenvalue weighted by atomic mass is 35.5. The summed E-state index contributed by atoms with van der Waals surface area (Å²) in [6, 6.07) is 6.85. The number of aromatic nitrogens is 2. The van der Waals surface area contributed by atoms with E-state index < -0.39 is 5.82 Å². The van der Waals surface area contributed by atoms with Crippen LogP contribution in [0.1, 0.15) is 5.69 Å². The van der Waals surface area contributed by atoms with Gasteiger partial charge in [-0.1, -0.05) is 0 Å². The number of hydrogen-bond acceptors (Lipinski definition) is 4. The molecule has 17 heavy (non-hydrogen) atoms. The molecule has 0 radical (unpaired) electrons. The van der Waals surface area contributed by atoms with Gasteiger partial charge in [0.25, 0.3) is 0 Å². The largest absolute Gasteiger partial charge is 0.399 e. The molecule has 6 heteroatoms. The van der Waals surface area contributed by atoms with Crippen molar-refractivity contribution in [2.24, 2.45) is 0 Å². The summed E-state index contributed by atoms with van der Waals surface area (Å²) in [6.07, 6.45) is 0. The predicted octanol–water partition coefficient (Wildman–Crippen LogP) is 2.90. The first-order valence-corrected chi connectivity index (χ1v) is 5.26. The molecule has 0 fully saturated rings. The Morgan fingerprint density at radius 1 is 1.24 bits per heavy atom. The van der Waals surface area contributed by atoms with Gasteiger partial charge >= 0.3 is 0 Å². The minimum Gasteiger partial charge on any atom is -0.399 e. The molecule has 0 saturated heterocycles. The first-order chi connectivity index (χ1) is 8.06. The molecule has 0 aliphatic heterocycles.